The number of benzene rings is 1. The number of carbonyl (C=O) groups is 2. The minimum absolute atomic E-state index is 0.100. The van der Waals surface area contributed by atoms with Crippen molar-refractivity contribution in [3.05, 3.63) is 35.4 Å². The smallest absolute Gasteiger partial charge is 0.338 e. The lowest BCUT2D eigenvalue weighted by Gasteiger charge is -2.27. The van der Waals surface area contributed by atoms with E-state index in [1.54, 1.807) is 12.1 Å². The molecule has 2 unspecified atom stereocenters. The first-order valence-electron chi connectivity index (χ1n) is 10.9. The number of carboxylic acid groups (broad SMARTS) is 1. The topological polar surface area (TPSA) is 63.6 Å². The van der Waals surface area contributed by atoms with E-state index in [4.69, 9.17) is 9.84 Å². The molecule has 0 bridgehead atoms. The molecule has 0 saturated heterocycles. The maximum absolute atomic E-state index is 12.8. The Balaban J connectivity index is 2.90. The fourth-order valence-electron chi connectivity index (χ4n) is 3.65. The summed E-state index contributed by atoms with van der Waals surface area (Å²) in [5.41, 5.74) is 0.427. The molecule has 1 N–H and O–H groups in total. The summed E-state index contributed by atoms with van der Waals surface area (Å²) in [6, 6.07) is 6.12. The molecule has 1 rings (SSSR count). The molecular weight excluding hydrogens is 352 g/mol. The van der Waals surface area contributed by atoms with Crippen molar-refractivity contribution in [2.45, 2.75) is 91.6 Å². The van der Waals surface area contributed by atoms with Crippen LogP contribution in [0.25, 0.3) is 0 Å². The van der Waals surface area contributed by atoms with Crippen LogP contribution < -0.4 is 0 Å². The number of carboxylic acids is 1. The van der Waals surface area contributed by atoms with Crippen molar-refractivity contribution in [2.75, 3.05) is 0 Å². The van der Waals surface area contributed by atoms with Gasteiger partial charge >= 0.3 is 11.9 Å². The monoisotopic (exact) mass is 390 g/mol. The highest BCUT2D eigenvalue weighted by Crippen LogP contribution is 2.27. The zero-order valence-electron chi connectivity index (χ0n) is 18.1. The minimum Gasteiger partial charge on any atom is -0.478 e. The van der Waals surface area contributed by atoms with Crippen molar-refractivity contribution < 1.29 is 19.4 Å². The number of rotatable bonds is 14. The number of hydrogen-bond acceptors (Lipinski definition) is 3. The van der Waals surface area contributed by atoms with Gasteiger partial charge in [-0.05, 0) is 55.7 Å². The molecule has 0 heterocycles. The summed E-state index contributed by atoms with van der Waals surface area (Å²) in [6.07, 6.45) is 9.68. The van der Waals surface area contributed by atoms with E-state index < -0.39 is 11.9 Å². The Morgan fingerprint density at radius 2 is 1.64 bits per heavy atom. The molecular formula is C24H38O4. The van der Waals surface area contributed by atoms with Gasteiger partial charge in [0, 0.05) is 0 Å². The molecule has 0 amide bonds. The van der Waals surface area contributed by atoms with Crippen LogP contribution in [0.2, 0.25) is 0 Å². The fourth-order valence-corrected chi connectivity index (χ4v) is 3.65. The number of hydrogen-bond donors (Lipinski definition) is 1. The van der Waals surface area contributed by atoms with Gasteiger partial charge in [-0.2, -0.15) is 0 Å². The summed E-state index contributed by atoms with van der Waals surface area (Å²) in [4.78, 5) is 23.9. The summed E-state index contributed by atoms with van der Waals surface area (Å²) in [5.74, 6) is -0.440. The molecule has 0 aliphatic carbocycles. The van der Waals surface area contributed by atoms with Gasteiger partial charge in [0.1, 0.15) is 6.10 Å². The summed E-state index contributed by atoms with van der Waals surface area (Å²) in [5, 5.41) is 9.17. The SMILES string of the molecule is CCCCCC(CCC)C(CCCC(C)C)OC(=O)c1cccc(C(=O)O)c1. The van der Waals surface area contributed by atoms with Gasteiger partial charge in [0.25, 0.3) is 0 Å². The largest absolute Gasteiger partial charge is 0.478 e. The average molecular weight is 391 g/mol. The number of carbonyl (C=O) groups excluding carboxylic acids is 1. The minimum atomic E-state index is -1.04. The standard InChI is InChI=1S/C24H38O4/c1-5-7-8-13-19(11-6-2)22(16-9-12-18(3)4)28-24(27)21-15-10-14-20(17-21)23(25)26/h10,14-15,17-19,22H,5-9,11-13,16H2,1-4H3,(H,25,26). The predicted molar refractivity (Wildman–Crippen MR) is 114 cm³/mol. The predicted octanol–water partition coefficient (Wildman–Crippen LogP) is 6.73. The van der Waals surface area contributed by atoms with Crippen molar-refractivity contribution in [1.29, 1.82) is 0 Å². The molecule has 158 valence electrons. The average Bonchev–Trinajstić information content (AvgIpc) is 2.66. The zero-order chi connectivity index (χ0) is 20.9. The van der Waals surface area contributed by atoms with Gasteiger partial charge in [-0.15, -0.1) is 0 Å². The first-order valence-corrected chi connectivity index (χ1v) is 10.9. The number of aromatic carboxylic acids is 1. The summed E-state index contributed by atoms with van der Waals surface area (Å²) in [7, 11) is 0. The van der Waals surface area contributed by atoms with E-state index in [1.807, 2.05) is 0 Å². The van der Waals surface area contributed by atoms with Gasteiger partial charge in [-0.1, -0.05) is 65.9 Å². The second-order valence-corrected chi connectivity index (χ2v) is 8.20. The van der Waals surface area contributed by atoms with Crippen LogP contribution >= 0.6 is 0 Å². The fraction of sp³-hybridized carbons (Fsp3) is 0.667. The van der Waals surface area contributed by atoms with Crippen molar-refractivity contribution in [2.24, 2.45) is 11.8 Å². The highest BCUT2D eigenvalue weighted by molar-refractivity contribution is 5.94. The third kappa shape index (κ3) is 8.90. The molecule has 1 aromatic carbocycles. The molecule has 0 radical (unpaired) electrons. The molecule has 2 atom stereocenters. The molecule has 0 saturated carbocycles. The van der Waals surface area contributed by atoms with E-state index in [1.165, 1.54) is 25.0 Å². The van der Waals surface area contributed by atoms with Crippen LogP contribution in [-0.2, 0) is 4.74 Å². The molecule has 1 aromatic rings. The Morgan fingerprint density at radius 1 is 0.929 bits per heavy atom. The second kappa shape index (κ2) is 13.4. The quantitative estimate of drug-likeness (QED) is 0.282. The van der Waals surface area contributed by atoms with E-state index >= 15 is 0 Å². The lowest BCUT2D eigenvalue weighted by atomic mass is 9.87. The van der Waals surface area contributed by atoms with Crippen LogP contribution in [0.3, 0.4) is 0 Å². The molecule has 4 nitrogen and oxygen atoms in total. The second-order valence-electron chi connectivity index (χ2n) is 8.20. The molecule has 0 spiro atoms. The van der Waals surface area contributed by atoms with Crippen LogP contribution in [0.5, 0.6) is 0 Å². The number of unbranched alkanes of at least 4 members (excludes halogenated alkanes) is 2. The number of esters is 1. The normalized spacial score (nSPS) is 13.3. The molecule has 0 aliphatic heterocycles. The van der Waals surface area contributed by atoms with Crippen molar-refractivity contribution in [3.63, 3.8) is 0 Å². The van der Waals surface area contributed by atoms with Crippen LogP contribution in [0.1, 0.15) is 106 Å². The van der Waals surface area contributed by atoms with E-state index in [9.17, 15) is 9.59 Å². The van der Waals surface area contributed by atoms with Crippen molar-refractivity contribution >= 4 is 11.9 Å². The van der Waals surface area contributed by atoms with Crippen LogP contribution in [0.15, 0.2) is 24.3 Å². The summed E-state index contributed by atoms with van der Waals surface area (Å²) >= 11 is 0. The van der Waals surface area contributed by atoms with E-state index in [-0.39, 0.29) is 11.7 Å². The molecule has 4 heteroatoms. The first kappa shape index (κ1) is 24.2. The Kier molecular flexibility index (Phi) is 11.5. The van der Waals surface area contributed by atoms with Crippen LogP contribution in [0, 0.1) is 11.8 Å². The lowest BCUT2D eigenvalue weighted by Crippen LogP contribution is -2.27. The third-order valence-corrected chi connectivity index (χ3v) is 5.24. The van der Waals surface area contributed by atoms with Gasteiger partial charge in [0.05, 0.1) is 11.1 Å². The first-order chi connectivity index (χ1) is 13.4. The maximum atomic E-state index is 12.8. The van der Waals surface area contributed by atoms with Gasteiger partial charge < -0.3 is 9.84 Å². The molecule has 0 aliphatic rings. The van der Waals surface area contributed by atoms with Gasteiger partial charge in [0.15, 0.2) is 0 Å². The summed E-state index contributed by atoms with van der Waals surface area (Å²) < 4.78 is 5.97. The highest BCUT2D eigenvalue weighted by atomic mass is 16.5. The lowest BCUT2D eigenvalue weighted by molar-refractivity contribution is 0.00657. The Bertz CT molecular complexity index is 594. The molecule has 28 heavy (non-hydrogen) atoms. The van der Waals surface area contributed by atoms with Crippen LogP contribution in [-0.4, -0.2) is 23.1 Å². The van der Waals surface area contributed by atoms with Gasteiger partial charge in [0.2, 0.25) is 0 Å². The Labute approximate surface area is 170 Å². The van der Waals surface area contributed by atoms with Crippen LogP contribution in [0.4, 0.5) is 0 Å². The zero-order valence-corrected chi connectivity index (χ0v) is 18.1. The third-order valence-electron chi connectivity index (χ3n) is 5.24. The van der Waals surface area contributed by atoms with E-state index in [2.05, 4.69) is 27.7 Å². The highest BCUT2D eigenvalue weighted by Gasteiger charge is 2.25. The van der Waals surface area contributed by atoms with Crippen molar-refractivity contribution in [3.8, 4) is 0 Å². The van der Waals surface area contributed by atoms with Crippen molar-refractivity contribution in [1.82, 2.24) is 0 Å². The molecule has 0 fully saturated rings. The molecule has 0 aromatic heterocycles. The van der Waals surface area contributed by atoms with E-state index in [0.717, 1.165) is 44.9 Å². The Morgan fingerprint density at radius 3 is 2.25 bits per heavy atom. The van der Waals surface area contributed by atoms with Gasteiger partial charge in [-0.25, -0.2) is 9.59 Å². The summed E-state index contributed by atoms with van der Waals surface area (Å²) in [6.45, 7) is 8.80. The van der Waals surface area contributed by atoms with E-state index in [0.29, 0.717) is 17.4 Å². The maximum Gasteiger partial charge on any atom is 0.338 e. The number of ether oxygens (including phenoxy) is 1. The Hall–Kier alpha value is -1.84. The van der Waals surface area contributed by atoms with Gasteiger partial charge in [-0.3, -0.25) is 0 Å².